The molecule has 0 spiro atoms. The van der Waals surface area contributed by atoms with E-state index in [9.17, 15) is 9.59 Å². The molecule has 0 aromatic heterocycles. The van der Waals surface area contributed by atoms with Gasteiger partial charge in [0.15, 0.2) is 0 Å². The highest BCUT2D eigenvalue weighted by Gasteiger charge is 2.41. The summed E-state index contributed by atoms with van der Waals surface area (Å²) in [6.07, 6.45) is 3.65. The van der Waals surface area contributed by atoms with E-state index in [1.807, 2.05) is 20.0 Å². The van der Waals surface area contributed by atoms with Crippen molar-refractivity contribution in [2.24, 2.45) is 0 Å². The van der Waals surface area contributed by atoms with Gasteiger partial charge < -0.3 is 14.3 Å². The summed E-state index contributed by atoms with van der Waals surface area (Å²) in [5.41, 5.74) is 6.84. The van der Waals surface area contributed by atoms with Gasteiger partial charge in [-0.15, -0.1) is 0 Å². The fourth-order valence-electron chi connectivity index (χ4n) is 4.25. The van der Waals surface area contributed by atoms with E-state index in [0.29, 0.717) is 18.4 Å². The monoisotopic (exact) mass is 431 g/mol. The Kier molecular flexibility index (Phi) is 7.69. The van der Waals surface area contributed by atoms with Crippen LogP contribution in [0.3, 0.4) is 0 Å². The Balaban J connectivity index is 2.67. The molecule has 1 aliphatic heterocycles. The van der Waals surface area contributed by atoms with E-state index >= 15 is 0 Å². The molecule has 0 aliphatic carbocycles. The molecule has 0 saturated carbocycles. The molecular formula is C24H35O5Si. The minimum Gasteiger partial charge on any atom is -0.481 e. The number of benzene rings is 1. The molecule has 1 N–H and O–H groups in total. The molecule has 1 heterocycles. The highest BCUT2D eigenvalue weighted by Crippen LogP contribution is 2.44. The zero-order valence-electron chi connectivity index (χ0n) is 19.6. The summed E-state index contributed by atoms with van der Waals surface area (Å²) in [6.45, 7) is 16.6. The number of fused-ring (bicyclic) bond motifs is 1. The number of cyclic esters (lactones) is 1. The second-order valence-electron chi connectivity index (χ2n) is 9.26. The van der Waals surface area contributed by atoms with Crippen molar-refractivity contribution in [3.63, 3.8) is 0 Å². The van der Waals surface area contributed by atoms with Gasteiger partial charge in [0.1, 0.15) is 0 Å². The minimum atomic E-state index is -1.04. The molecule has 1 radical (unpaired) electrons. The van der Waals surface area contributed by atoms with E-state index < -0.39 is 21.3 Å². The number of esters is 1. The number of carbonyl (C=O) groups excluding carboxylic acids is 1. The van der Waals surface area contributed by atoms with Crippen LogP contribution in [0.25, 0.3) is 0 Å². The molecule has 6 heteroatoms. The van der Waals surface area contributed by atoms with Gasteiger partial charge in [0.25, 0.3) is 0 Å². The first kappa shape index (κ1) is 24.3. The average Bonchev–Trinajstić information content (AvgIpc) is 2.92. The quantitative estimate of drug-likeness (QED) is 0.327. The van der Waals surface area contributed by atoms with Crippen molar-refractivity contribution in [2.45, 2.75) is 92.0 Å². The van der Waals surface area contributed by atoms with Crippen LogP contribution in [0.1, 0.15) is 91.9 Å². The maximum absolute atomic E-state index is 13.0. The summed E-state index contributed by atoms with van der Waals surface area (Å²) < 4.78 is 11.7. The van der Waals surface area contributed by atoms with Crippen molar-refractivity contribution in [1.29, 1.82) is 0 Å². The lowest BCUT2D eigenvalue weighted by Gasteiger charge is -2.29. The third-order valence-corrected chi connectivity index (χ3v) is 6.22. The van der Waals surface area contributed by atoms with Crippen LogP contribution in [0, 0.1) is 6.92 Å². The molecule has 0 saturated heterocycles. The van der Waals surface area contributed by atoms with E-state index in [4.69, 9.17) is 14.3 Å². The molecule has 2 rings (SSSR count). The molecule has 0 amide bonds. The Labute approximate surface area is 182 Å². The van der Waals surface area contributed by atoms with Crippen LogP contribution < -0.4 is 0 Å². The molecule has 0 bridgehead atoms. The standard InChI is InChI=1S/C24H35O5Si/c1-9-16-15(3)19-20(22(27)28-23(19)29-30(7)8)21(24(4,5)6)17(16)12-10-14(2)11-13-18(25)26/h10,23H,9,11-13H2,1-8H3,(H,25,26). The zero-order valence-corrected chi connectivity index (χ0v) is 20.6. The minimum absolute atomic E-state index is 0.127. The highest BCUT2D eigenvalue weighted by atomic mass is 28.3. The summed E-state index contributed by atoms with van der Waals surface area (Å²) in [7, 11) is -1.04. The van der Waals surface area contributed by atoms with Gasteiger partial charge in [-0.2, -0.15) is 0 Å². The van der Waals surface area contributed by atoms with Crippen molar-refractivity contribution < 1.29 is 23.9 Å². The van der Waals surface area contributed by atoms with Crippen LogP contribution in [0.2, 0.25) is 13.1 Å². The number of hydrogen-bond acceptors (Lipinski definition) is 4. The van der Waals surface area contributed by atoms with E-state index in [2.05, 4.69) is 40.7 Å². The lowest BCUT2D eigenvalue weighted by atomic mass is 9.74. The molecule has 1 aliphatic rings. The van der Waals surface area contributed by atoms with Crippen LogP contribution in [-0.2, 0) is 32.2 Å². The van der Waals surface area contributed by atoms with E-state index in [-0.39, 0.29) is 17.8 Å². The van der Waals surface area contributed by atoms with Gasteiger partial charge in [0.2, 0.25) is 15.3 Å². The molecule has 5 nitrogen and oxygen atoms in total. The number of allylic oxidation sites excluding steroid dienone is 2. The maximum Gasteiger partial charge on any atom is 0.341 e. The summed E-state index contributed by atoms with van der Waals surface area (Å²) in [5, 5.41) is 8.95. The summed E-state index contributed by atoms with van der Waals surface area (Å²) >= 11 is 0. The van der Waals surface area contributed by atoms with Crippen LogP contribution in [-0.4, -0.2) is 26.1 Å². The fourth-order valence-corrected chi connectivity index (χ4v) is 4.84. The van der Waals surface area contributed by atoms with Crippen molar-refractivity contribution >= 4 is 21.0 Å². The van der Waals surface area contributed by atoms with Crippen LogP contribution in [0.5, 0.6) is 0 Å². The van der Waals surface area contributed by atoms with Gasteiger partial charge in [-0.25, -0.2) is 4.79 Å². The first-order valence-corrected chi connectivity index (χ1v) is 13.0. The van der Waals surface area contributed by atoms with Gasteiger partial charge in [0, 0.05) is 12.0 Å². The third-order valence-electron chi connectivity index (χ3n) is 5.53. The van der Waals surface area contributed by atoms with Gasteiger partial charge in [-0.1, -0.05) is 39.3 Å². The molecule has 0 fully saturated rings. The first-order valence-electron chi connectivity index (χ1n) is 10.6. The fraction of sp³-hybridized carbons (Fsp3) is 0.583. The van der Waals surface area contributed by atoms with Gasteiger partial charge in [-0.05, 0) is 73.9 Å². The average molecular weight is 432 g/mol. The first-order chi connectivity index (χ1) is 13.9. The maximum atomic E-state index is 13.0. The normalized spacial score (nSPS) is 16.8. The van der Waals surface area contributed by atoms with Crippen LogP contribution in [0.15, 0.2) is 11.6 Å². The van der Waals surface area contributed by atoms with Crippen LogP contribution >= 0.6 is 0 Å². The largest absolute Gasteiger partial charge is 0.481 e. The number of ether oxygens (including phenoxy) is 1. The molecule has 1 aromatic carbocycles. The highest BCUT2D eigenvalue weighted by molar-refractivity contribution is 6.48. The summed E-state index contributed by atoms with van der Waals surface area (Å²) in [6, 6.07) is 0. The number of carboxylic acid groups (broad SMARTS) is 1. The SMILES string of the molecule is CCc1c(C)c2c(c(C(C)(C)C)c1CC=C(C)CCC(=O)O)C(=O)OC2O[Si](C)C. The summed E-state index contributed by atoms with van der Waals surface area (Å²) in [4.78, 5) is 23.9. The molecule has 165 valence electrons. The van der Waals surface area contributed by atoms with Gasteiger partial charge in [-0.3, -0.25) is 4.79 Å². The Hall–Kier alpha value is -1.92. The Morgan fingerprint density at radius 3 is 2.37 bits per heavy atom. The van der Waals surface area contributed by atoms with Crippen LogP contribution in [0.4, 0.5) is 0 Å². The molecule has 1 aromatic rings. The van der Waals surface area contributed by atoms with Crippen molar-refractivity contribution in [3.8, 4) is 0 Å². The lowest BCUT2D eigenvalue weighted by molar-refractivity contribution is -0.136. The smallest absolute Gasteiger partial charge is 0.341 e. The Morgan fingerprint density at radius 1 is 1.23 bits per heavy atom. The molecular weight excluding hydrogens is 396 g/mol. The number of rotatable bonds is 8. The van der Waals surface area contributed by atoms with E-state index in [1.54, 1.807) is 0 Å². The molecule has 30 heavy (non-hydrogen) atoms. The van der Waals surface area contributed by atoms with Gasteiger partial charge >= 0.3 is 11.9 Å². The van der Waals surface area contributed by atoms with E-state index in [1.165, 1.54) is 5.56 Å². The van der Waals surface area contributed by atoms with Crippen molar-refractivity contribution in [2.75, 3.05) is 0 Å². The predicted octanol–water partition coefficient (Wildman–Crippen LogP) is 5.65. The predicted molar refractivity (Wildman–Crippen MR) is 120 cm³/mol. The zero-order chi connectivity index (χ0) is 22.8. The number of carbonyl (C=O) groups is 2. The molecule has 1 atom stereocenters. The Bertz CT molecular complexity index is 862. The number of aliphatic carboxylic acids is 1. The van der Waals surface area contributed by atoms with Crippen molar-refractivity contribution in [3.05, 3.63) is 45.0 Å². The molecule has 1 unspecified atom stereocenters. The van der Waals surface area contributed by atoms with E-state index in [0.717, 1.165) is 34.2 Å². The lowest BCUT2D eigenvalue weighted by Crippen LogP contribution is -2.22. The second-order valence-corrected chi connectivity index (χ2v) is 11.3. The van der Waals surface area contributed by atoms with Crippen molar-refractivity contribution in [1.82, 2.24) is 0 Å². The summed E-state index contributed by atoms with van der Waals surface area (Å²) in [5.74, 6) is -1.09. The number of carboxylic acids is 1. The topological polar surface area (TPSA) is 72.8 Å². The Morgan fingerprint density at radius 2 is 1.87 bits per heavy atom. The number of hydrogen-bond donors (Lipinski definition) is 1. The second kappa shape index (κ2) is 9.48. The van der Waals surface area contributed by atoms with Gasteiger partial charge in [0.05, 0.1) is 5.56 Å². The third kappa shape index (κ3) is 5.21.